The van der Waals surface area contributed by atoms with Crippen LogP contribution in [-0.2, 0) is 28.9 Å². The van der Waals surface area contributed by atoms with Crippen LogP contribution in [-0.4, -0.2) is 36.7 Å². The fourth-order valence-electron chi connectivity index (χ4n) is 2.51. The summed E-state index contributed by atoms with van der Waals surface area (Å²) in [6, 6.07) is 0. The summed E-state index contributed by atoms with van der Waals surface area (Å²) in [7, 11) is 1.69. The fourth-order valence-corrected chi connectivity index (χ4v) is 2.76. The van der Waals surface area contributed by atoms with Gasteiger partial charge >= 0.3 is 0 Å². The smallest absolute Gasteiger partial charge is 0.0700 e. The number of rotatable bonds is 11. The first-order valence-corrected chi connectivity index (χ1v) is 8.42. The van der Waals surface area contributed by atoms with Crippen LogP contribution in [0.4, 0.5) is 0 Å². The van der Waals surface area contributed by atoms with Crippen LogP contribution < -0.4 is 0 Å². The maximum atomic E-state index is 6.50. The van der Waals surface area contributed by atoms with Crippen molar-refractivity contribution < 1.29 is 9.47 Å². The number of methoxy groups -OCH3 is 1. The Morgan fingerprint density at radius 3 is 2.48 bits per heavy atom. The van der Waals surface area contributed by atoms with Gasteiger partial charge in [0.05, 0.1) is 24.3 Å². The summed E-state index contributed by atoms with van der Waals surface area (Å²) in [5.41, 5.74) is 3.68. The molecular weight excluding hydrogens is 288 g/mol. The molecule has 0 amide bonds. The van der Waals surface area contributed by atoms with Crippen molar-refractivity contribution in [3.05, 3.63) is 17.0 Å². The SMILES string of the molecule is CCc1nn(CCCOCCOC)c(CC)c1C(Cl)CC. The Balaban J connectivity index is 2.67. The van der Waals surface area contributed by atoms with E-state index in [1.807, 2.05) is 0 Å². The monoisotopic (exact) mass is 316 g/mol. The van der Waals surface area contributed by atoms with E-state index >= 15 is 0 Å². The molecule has 1 unspecified atom stereocenters. The van der Waals surface area contributed by atoms with Crippen LogP contribution in [0.1, 0.15) is 55.9 Å². The molecule has 1 atom stereocenters. The largest absolute Gasteiger partial charge is 0.382 e. The van der Waals surface area contributed by atoms with Crippen LogP contribution in [0.2, 0.25) is 0 Å². The zero-order chi connectivity index (χ0) is 15.7. The molecule has 122 valence electrons. The molecule has 0 aromatic carbocycles. The quantitative estimate of drug-likeness (QED) is 0.461. The molecule has 0 spiro atoms. The Morgan fingerprint density at radius 1 is 1.14 bits per heavy atom. The Labute approximate surface area is 133 Å². The summed E-state index contributed by atoms with van der Waals surface area (Å²) in [6.45, 7) is 9.36. The average Bonchev–Trinajstić information content (AvgIpc) is 2.87. The van der Waals surface area contributed by atoms with Crippen LogP contribution >= 0.6 is 11.6 Å². The summed E-state index contributed by atoms with van der Waals surface area (Å²) in [4.78, 5) is 0. The molecule has 0 saturated heterocycles. The van der Waals surface area contributed by atoms with Crippen molar-refractivity contribution in [3.63, 3.8) is 0 Å². The van der Waals surface area contributed by atoms with Crippen LogP contribution in [0, 0.1) is 0 Å². The standard InChI is InChI=1S/C16H29ClN2O2/c1-5-13(17)16-14(6-2)18-19(15(16)7-3)9-8-10-21-12-11-20-4/h13H,5-12H2,1-4H3. The molecular formula is C16H29ClN2O2. The summed E-state index contributed by atoms with van der Waals surface area (Å²) < 4.78 is 12.6. The van der Waals surface area contributed by atoms with Gasteiger partial charge in [-0.15, -0.1) is 11.6 Å². The number of aryl methyl sites for hydroxylation is 2. The topological polar surface area (TPSA) is 36.3 Å². The molecule has 0 radical (unpaired) electrons. The Bertz CT molecular complexity index is 407. The lowest BCUT2D eigenvalue weighted by Crippen LogP contribution is -2.10. The van der Waals surface area contributed by atoms with E-state index in [0.29, 0.717) is 13.2 Å². The van der Waals surface area contributed by atoms with Crippen molar-refractivity contribution in [1.82, 2.24) is 9.78 Å². The van der Waals surface area contributed by atoms with Gasteiger partial charge < -0.3 is 9.47 Å². The minimum absolute atomic E-state index is 0.0709. The van der Waals surface area contributed by atoms with Gasteiger partial charge in [0.15, 0.2) is 0 Å². The molecule has 1 rings (SSSR count). The highest BCUT2D eigenvalue weighted by Crippen LogP contribution is 2.31. The fraction of sp³-hybridized carbons (Fsp3) is 0.812. The van der Waals surface area contributed by atoms with Gasteiger partial charge in [0.1, 0.15) is 0 Å². The van der Waals surface area contributed by atoms with E-state index in [-0.39, 0.29) is 5.38 Å². The Morgan fingerprint density at radius 2 is 1.90 bits per heavy atom. The molecule has 0 fully saturated rings. The van der Waals surface area contributed by atoms with Crippen LogP contribution in [0.3, 0.4) is 0 Å². The molecule has 5 heteroatoms. The molecule has 0 aliphatic carbocycles. The predicted molar refractivity (Wildman–Crippen MR) is 87.2 cm³/mol. The first-order valence-electron chi connectivity index (χ1n) is 7.98. The number of ether oxygens (including phenoxy) is 2. The maximum absolute atomic E-state index is 6.50. The second-order valence-corrected chi connectivity index (χ2v) is 5.60. The van der Waals surface area contributed by atoms with Gasteiger partial charge in [0.2, 0.25) is 0 Å². The second-order valence-electron chi connectivity index (χ2n) is 5.07. The lowest BCUT2D eigenvalue weighted by Gasteiger charge is -2.11. The third kappa shape index (κ3) is 5.28. The summed E-state index contributed by atoms with van der Waals surface area (Å²) in [5, 5.41) is 4.83. The average molecular weight is 317 g/mol. The van der Waals surface area contributed by atoms with Gasteiger partial charge in [-0.1, -0.05) is 20.8 Å². The first-order chi connectivity index (χ1) is 10.2. The highest BCUT2D eigenvalue weighted by atomic mass is 35.5. The van der Waals surface area contributed by atoms with Crippen molar-refractivity contribution in [3.8, 4) is 0 Å². The van der Waals surface area contributed by atoms with Crippen LogP contribution in [0.15, 0.2) is 0 Å². The van der Waals surface area contributed by atoms with Crippen LogP contribution in [0.25, 0.3) is 0 Å². The molecule has 0 aliphatic heterocycles. The molecule has 0 saturated carbocycles. The Kier molecular flexibility index (Phi) is 8.97. The normalized spacial score (nSPS) is 12.8. The van der Waals surface area contributed by atoms with Gasteiger partial charge in [-0.05, 0) is 25.7 Å². The van der Waals surface area contributed by atoms with Gasteiger partial charge in [0.25, 0.3) is 0 Å². The van der Waals surface area contributed by atoms with E-state index in [1.165, 1.54) is 11.3 Å². The predicted octanol–water partition coefficient (Wildman–Crippen LogP) is 3.75. The molecule has 1 aromatic heterocycles. The van der Waals surface area contributed by atoms with Crippen LogP contribution in [0.5, 0.6) is 0 Å². The van der Waals surface area contributed by atoms with E-state index in [2.05, 4.69) is 25.5 Å². The molecule has 0 N–H and O–H groups in total. The van der Waals surface area contributed by atoms with E-state index in [4.69, 9.17) is 26.2 Å². The number of aromatic nitrogens is 2. The zero-order valence-corrected chi connectivity index (χ0v) is 14.6. The van der Waals surface area contributed by atoms with Crippen molar-refractivity contribution in [1.29, 1.82) is 0 Å². The van der Waals surface area contributed by atoms with E-state index < -0.39 is 0 Å². The zero-order valence-electron chi connectivity index (χ0n) is 13.8. The van der Waals surface area contributed by atoms with Crippen molar-refractivity contribution in [2.24, 2.45) is 0 Å². The van der Waals surface area contributed by atoms with Gasteiger partial charge in [0, 0.05) is 31.5 Å². The second kappa shape index (κ2) is 10.2. The molecule has 1 heterocycles. The number of hydrogen-bond donors (Lipinski definition) is 0. The molecule has 0 aliphatic rings. The van der Waals surface area contributed by atoms with Crippen molar-refractivity contribution in [2.45, 2.75) is 58.4 Å². The lowest BCUT2D eigenvalue weighted by molar-refractivity contribution is 0.0676. The van der Waals surface area contributed by atoms with E-state index in [9.17, 15) is 0 Å². The minimum atomic E-state index is 0.0709. The maximum Gasteiger partial charge on any atom is 0.0700 e. The summed E-state index contributed by atoms with van der Waals surface area (Å²) >= 11 is 6.50. The highest BCUT2D eigenvalue weighted by molar-refractivity contribution is 6.20. The third-order valence-corrected chi connectivity index (χ3v) is 4.13. The molecule has 1 aromatic rings. The van der Waals surface area contributed by atoms with E-state index in [0.717, 1.165) is 44.5 Å². The summed E-state index contributed by atoms with van der Waals surface area (Å²) in [6.07, 6.45) is 3.80. The van der Waals surface area contributed by atoms with Crippen molar-refractivity contribution in [2.75, 3.05) is 26.9 Å². The molecule has 0 bridgehead atoms. The van der Waals surface area contributed by atoms with Crippen molar-refractivity contribution >= 4 is 11.6 Å². The lowest BCUT2D eigenvalue weighted by atomic mass is 10.0. The summed E-state index contributed by atoms with van der Waals surface area (Å²) in [5.74, 6) is 0. The number of nitrogens with zero attached hydrogens (tertiary/aromatic N) is 2. The number of alkyl halides is 1. The highest BCUT2D eigenvalue weighted by Gasteiger charge is 2.20. The molecule has 4 nitrogen and oxygen atoms in total. The van der Waals surface area contributed by atoms with Gasteiger partial charge in [-0.2, -0.15) is 5.10 Å². The minimum Gasteiger partial charge on any atom is -0.382 e. The number of halogens is 1. The van der Waals surface area contributed by atoms with E-state index in [1.54, 1.807) is 7.11 Å². The molecule has 21 heavy (non-hydrogen) atoms. The van der Waals surface area contributed by atoms with Gasteiger partial charge in [-0.3, -0.25) is 4.68 Å². The third-order valence-electron chi connectivity index (χ3n) is 3.61. The number of hydrogen-bond acceptors (Lipinski definition) is 3. The first kappa shape index (κ1) is 18.5. The van der Waals surface area contributed by atoms with Gasteiger partial charge in [-0.25, -0.2) is 0 Å². The Hall–Kier alpha value is -0.580.